The molecule has 3 amide bonds. The summed E-state index contributed by atoms with van der Waals surface area (Å²) in [6.07, 6.45) is 0. The summed E-state index contributed by atoms with van der Waals surface area (Å²) in [5.74, 6) is -1.25. The van der Waals surface area contributed by atoms with Gasteiger partial charge in [-0.25, -0.2) is 8.42 Å². The first-order valence-electron chi connectivity index (χ1n) is 10.8. The number of hydrogen-bond acceptors (Lipinski definition) is 7. The Hall–Kier alpha value is -3.28. The Kier molecular flexibility index (Phi) is 6.96. The summed E-state index contributed by atoms with van der Waals surface area (Å²) >= 11 is 0. The van der Waals surface area contributed by atoms with Gasteiger partial charge in [-0.2, -0.15) is 4.31 Å². The third-order valence-electron chi connectivity index (χ3n) is 5.74. The normalized spacial score (nSPS) is 16.4. The molecule has 0 bridgehead atoms. The highest BCUT2D eigenvalue weighted by atomic mass is 32.2. The van der Waals surface area contributed by atoms with Crippen molar-refractivity contribution >= 4 is 27.7 Å². The van der Waals surface area contributed by atoms with Gasteiger partial charge in [0.25, 0.3) is 17.7 Å². The van der Waals surface area contributed by atoms with Gasteiger partial charge >= 0.3 is 0 Å². The number of ether oxygens (including phenoxy) is 2. The Labute approximate surface area is 197 Å². The van der Waals surface area contributed by atoms with Crippen LogP contribution in [-0.4, -0.2) is 81.1 Å². The van der Waals surface area contributed by atoms with Crippen molar-refractivity contribution in [2.75, 3.05) is 45.7 Å². The quantitative estimate of drug-likeness (QED) is 0.549. The second-order valence-electron chi connectivity index (χ2n) is 7.86. The molecular weight excluding hydrogens is 462 g/mol. The van der Waals surface area contributed by atoms with Crippen molar-refractivity contribution in [2.45, 2.75) is 6.54 Å². The van der Waals surface area contributed by atoms with E-state index in [4.69, 9.17) is 9.47 Å². The van der Waals surface area contributed by atoms with Crippen LogP contribution in [-0.2, 0) is 21.3 Å². The van der Waals surface area contributed by atoms with Gasteiger partial charge in [0.1, 0.15) is 5.75 Å². The number of nitrogens with zero attached hydrogens (tertiary/aromatic N) is 2. The molecule has 2 aliphatic heterocycles. The molecule has 2 heterocycles. The lowest BCUT2D eigenvalue weighted by Gasteiger charge is -2.26. The molecular formula is C23H25N3O7S. The van der Waals surface area contributed by atoms with Crippen molar-refractivity contribution in [1.29, 1.82) is 0 Å². The maximum Gasteiger partial charge on any atom is 0.261 e. The van der Waals surface area contributed by atoms with Crippen LogP contribution in [0.25, 0.3) is 0 Å². The van der Waals surface area contributed by atoms with Crippen LogP contribution in [0, 0.1) is 0 Å². The van der Waals surface area contributed by atoms with Crippen molar-refractivity contribution in [2.24, 2.45) is 0 Å². The smallest absolute Gasteiger partial charge is 0.261 e. The van der Waals surface area contributed by atoms with Crippen molar-refractivity contribution in [3.05, 3.63) is 64.7 Å². The lowest BCUT2D eigenvalue weighted by Crippen LogP contribution is -2.43. The van der Waals surface area contributed by atoms with Crippen LogP contribution in [0.15, 0.2) is 42.5 Å². The summed E-state index contributed by atoms with van der Waals surface area (Å²) in [6, 6.07) is 11.4. The number of methoxy groups -OCH3 is 1. The lowest BCUT2D eigenvalue weighted by atomic mass is 10.1. The summed E-state index contributed by atoms with van der Waals surface area (Å²) in [4.78, 5) is 39.2. The Balaban J connectivity index is 1.44. The second-order valence-corrected chi connectivity index (χ2v) is 9.95. The molecule has 0 radical (unpaired) electrons. The van der Waals surface area contributed by atoms with Crippen LogP contribution < -0.4 is 10.1 Å². The van der Waals surface area contributed by atoms with Crippen LogP contribution in [0.2, 0.25) is 0 Å². The highest BCUT2D eigenvalue weighted by Gasteiger charge is 2.35. The number of imide groups is 1. The molecule has 0 aromatic heterocycles. The van der Waals surface area contributed by atoms with Gasteiger partial charge in [-0.1, -0.05) is 18.2 Å². The van der Waals surface area contributed by atoms with Crippen molar-refractivity contribution in [3.8, 4) is 5.75 Å². The van der Waals surface area contributed by atoms with Crippen molar-refractivity contribution in [3.63, 3.8) is 0 Å². The first-order valence-corrected chi connectivity index (χ1v) is 12.4. The van der Waals surface area contributed by atoms with E-state index < -0.39 is 27.7 Å². The molecule has 10 nitrogen and oxygen atoms in total. The zero-order valence-corrected chi connectivity index (χ0v) is 19.5. The zero-order chi connectivity index (χ0) is 24.3. The number of sulfonamides is 1. The molecule has 0 atom stereocenters. The number of morpholine rings is 1. The molecule has 0 unspecified atom stereocenters. The van der Waals surface area contributed by atoms with Gasteiger partial charge < -0.3 is 14.8 Å². The van der Waals surface area contributed by atoms with E-state index in [9.17, 15) is 22.8 Å². The third kappa shape index (κ3) is 4.81. The van der Waals surface area contributed by atoms with E-state index in [-0.39, 0.29) is 24.4 Å². The fourth-order valence-corrected chi connectivity index (χ4v) is 5.26. The van der Waals surface area contributed by atoms with Gasteiger partial charge in [0.05, 0.1) is 49.3 Å². The predicted octanol–water partition coefficient (Wildman–Crippen LogP) is 0.883. The number of fused-ring (bicyclic) bond motifs is 1. The van der Waals surface area contributed by atoms with Gasteiger partial charge in [0, 0.05) is 19.6 Å². The number of carbonyl (C=O) groups excluding carboxylic acids is 3. The van der Waals surface area contributed by atoms with Crippen LogP contribution >= 0.6 is 0 Å². The molecule has 2 aromatic rings. The van der Waals surface area contributed by atoms with Crippen LogP contribution in [0.4, 0.5) is 0 Å². The second kappa shape index (κ2) is 9.92. The van der Waals surface area contributed by atoms with E-state index in [1.165, 1.54) is 17.5 Å². The van der Waals surface area contributed by atoms with E-state index in [0.717, 1.165) is 4.90 Å². The average Bonchev–Trinajstić information content (AvgIpc) is 3.09. The summed E-state index contributed by atoms with van der Waals surface area (Å²) in [7, 11) is -2.10. The number of nitrogens with one attached hydrogen (secondary N) is 1. The monoisotopic (exact) mass is 487 g/mol. The molecule has 1 N–H and O–H groups in total. The molecule has 1 saturated heterocycles. The molecule has 2 aliphatic rings. The topological polar surface area (TPSA) is 122 Å². The van der Waals surface area contributed by atoms with Gasteiger partial charge in [0.2, 0.25) is 10.0 Å². The molecule has 0 aliphatic carbocycles. The highest BCUT2D eigenvalue weighted by Crippen LogP contribution is 2.26. The molecule has 34 heavy (non-hydrogen) atoms. The largest absolute Gasteiger partial charge is 0.496 e. The Morgan fingerprint density at radius 1 is 1.06 bits per heavy atom. The molecule has 4 rings (SSSR count). The Morgan fingerprint density at radius 3 is 2.32 bits per heavy atom. The first kappa shape index (κ1) is 23.9. The molecule has 0 spiro atoms. The summed E-state index contributed by atoms with van der Waals surface area (Å²) in [6.45, 7) is 1.20. The standard InChI is InChI=1S/C23H25N3O7S/c1-32-20-7-6-16(15-26-22(28)17-4-2-3-5-18(17)23(26)29)14-19(20)21(27)24-8-13-34(30,31)25-9-11-33-12-10-25/h2-7,14H,8-13,15H2,1H3,(H,24,27). The van der Waals surface area contributed by atoms with E-state index in [1.54, 1.807) is 36.4 Å². The van der Waals surface area contributed by atoms with Crippen LogP contribution in [0.3, 0.4) is 0 Å². The van der Waals surface area contributed by atoms with E-state index in [1.807, 2.05) is 0 Å². The molecule has 180 valence electrons. The first-order chi connectivity index (χ1) is 16.3. The summed E-state index contributed by atoms with van der Waals surface area (Å²) in [5.41, 5.74) is 1.43. The van der Waals surface area contributed by atoms with Crippen LogP contribution in [0.1, 0.15) is 36.6 Å². The van der Waals surface area contributed by atoms with Crippen molar-refractivity contribution in [1.82, 2.24) is 14.5 Å². The van der Waals surface area contributed by atoms with Crippen LogP contribution in [0.5, 0.6) is 5.75 Å². The molecule has 1 fully saturated rings. The minimum absolute atomic E-state index is 0.0119. The van der Waals surface area contributed by atoms with Gasteiger partial charge in [0.15, 0.2) is 0 Å². The zero-order valence-electron chi connectivity index (χ0n) is 18.7. The Bertz CT molecular complexity index is 1190. The number of amides is 3. The lowest BCUT2D eigenvalue weighted by molar-refractivity contribution is 0.0642. The number of rotatable bonds is 8. The number of carbonyl (C=O) groups is 3. The van der Waals surface area contributed by atoms with E-state index in [0.29, 0.717) is 48.7 Å². The Morgan fingerprint density at radius 2 is 1.71 bits per heavy atom. The average molecular weight is 488 g/mol. The van der Waals surface area contributed by atoms with Gasteiger partial charge in [-0.3, -0.25) is 19.3 Å². The molecule has 11 heteroatoms. The summed E-state index contributed by atoms with van der Waals surface area (Å²) < 4.78 is 36.7. The summed E-state index contributed by atoms with van der Waals surface area (Å²) in [5, 5.41) is 2.62. The van der Waals surface area contributed by atoms with E-state index >= 15 is 0 Å². The third-order valence-corrected chi connectivity index (χ3v) is 7.61. The number of hydrogen-bond donors (Lipinski definition) is 1. The number of benzene rings is 2. The molecule has 0 saturated carbocycles. The minimum atomic E-state index is -3.51. The minimum Gasteiger partial charge on any atom is -0.496 e. The molecule has 2 aromatic carbocycles. The highest BCUT2D eigenvalue weighted by molar-refractivity contribution is 7.89. The van der Waals surface area contributed by atoms with Crippen molar-refractivity contribution < 1.29 is 32.3 Å². The van der Waals surface area contributed by atoms with E-state index in [2.05, 4.69) is 5.32 Å². The fraction of sp³-hybridized carbons (Fsp3) is 0.348. The van der Waals surface area contributed by atoms with Gasteiger partial charge in [-0.15, -0.1) is 0 Å². The SMILES string of the molecule is COc1ccc(CN2C(=O)c3ccccc3C2=O)cc1C(=O)NCCS(=O)(=O)N1CCOCC1. The maximum absolute atomic E-state index is 12.8. The maximum atomic E-state index is 12.8. The van der Waals surface area contributed by atoms with Gasteiger partial charge in [-0.05, 0) is 29.8 Å². The fourth-order valence-electron chi connectivity index (χ4n) is 3.94. The predicted molar refractivity (Wildman–Crippen MR) is 122 cm³/mol.